The van der Waals surface area contributed by atoms with Crippen LogP contribution < -0.4 is 16.0 Å². The van der Waals surface area contributed by atoms with Crippen molar-refractivity contribution < 1.29 is 9.59 Å². The van der Waals surface area contributed by atoms with Crippen LogP contribution in [0.1, 0.15) is 32.1 Å². The van der Waals surface area contributed by atoms with Crippen molar-refractivity contribution in [2.24, 2.45) is 5.92 Å². The molecule has 5 heteroatoms. The minimum atomic E-state index is -0.278. The molecule has 1 aliphatic rings. The Morgan fingerprint density at radius 2 is 1.80 bits per heavy atom. The van der Waals surface area contributed by atoms with Gasteiger partial charge in [0, 0.05) is 24.8 Å². The number of benzene rings is 1. The summed E-state index contributed by atoms with van der Waals surface area (Å²) in [6, 6.07) is 6.88. The van der Waals surface area contributed by atoms with E-state index >= 15 is 0 Å². The molecule has 1 saturated carbocycles. The lowest BCUT2D eigenvalue weighted by Gasteiger charge is -2.11. The molecule has 108 valence electrons. The summed E-state index contributed by atoms with van der Waals surface area (Å²) in [6.45, 7) is 0. The summed E-state index contributed by atoms with van der Waals surface area (Å²) in [5.41, 5.74) is 1.37. The molecule has 0 unspecified atom stereocenters. The number of hydrogen-bond acceptors (Lipinski definition) is 2. The minimum Gasteiger partial charge on any atom is -0.341 e. The topological polar surface area (TPSA) is 70.2 Å². The number of hydrogen-bond donors (Lipinski definition) is 3. The normalized spacial score (nSPS) is 14.8. The lowest BCUT2D eigenvalue weighted by molar-refractivity contribution is -0.117. The lowest BCUT2D eigenvalue weighted by Crippen LogP contribution is -2.24. The molecule has 1 fully saturated rings. The van der Waals surface area contributed by atoms with Gasteiger partial charge in [0.2, 0.25) is 5.91 Å². The van der Waals surface area contributed by atoms with Crippen LogP contribution >= 0.6 is 0 Å². The molecule has 0 aromatic heterocycles. The van der Waals surface area contributed by atoms with Crippen LogP contribution in [0.4, 0.5) is 16.2 Å². The number of carbonyl (C=O) groups is 2. The van der Waals surface area contributed by atoms with Crippen LogP contribution in [0, 0.1) is 5.92 Å². The Morgan fingerprint density at radius 3 is 2.45 bits per heavy atom. The van der Waals surface area contributed by atoms with Gasteiger partial charge < -0.3 is 16.0 Å². The van der Waals surface area contributed by atoms with Gasteiger partial charge >= 0.3 is 6.03 Å². The maximum Gasteiger partial charge on any atom is 0.318 e. The van der Waals surface area contributed by atoms with E-state index in [1.165, 1.54) is 12.8 Å². The quantitative estimate of drug-likeness (QED) is 0.790. The van der Waals surface area contributed by atoms with Crippen molar-refractivity contribution in [3.05, 3.63) is 24.3 Å². The van der Waals surface area contributed by atoms with Crippen molar-refractivity contribution in [3.8, 4) is 0 Å². The van der Waals surface area contributed by atoms with Crippen LogP contribution in [-0.4, -0.2) is 19.0 Å². The summed E-state index contributed by atoms with van der Waals surface area (Å²) in [5, 5.41) is 8.05. The molecule has 5 nitrogen and oxygen atoms in total. The molecular formula is C15H21N3O2. The summed E-state index contributed by atoms with van der Waals surface area (Å²) in [5.74, 6) is 0.580. The fourth-order valence-electron chi connectivity index (χ4n) is 2.56. The number of anilines is 2. The lowest BCUT2D eigenvalue weighted by atomic mass is 10.0. The first-order chi connectivity index (χ1) is 9.67. The predicted molar refractivity (Wildman–Crippen MR) is 79.7 cm³/mol. The van der Waals surface area contributed by atoms with Crippen LogP contribution in [0.15, 0.2) is 24.3 Å². The second-order valence-corrected chi connectivity index (χ2v) is 5.19. The van der Waals surface area contributed by atoms with Gasteiger partial charge in [-0.05, 0) is 37.0 Å². The SMILES string of the molecule is CNC(=O)Nc1cccc(NC(=O)CC2CCCC2)c1. The minimum absolute atomic E-state index is 0.0500. The second-order valence-electron chi connectivity index (χ2n) is 5.19. The number of rotatable bonds is 4. The van der Waals surface area contributed by atoms with Gasteiger partial charge in [0.05, 0.1) is 0 Å². The molecule has 0 aliphatic heterocycles. The highest BCUT2D eigenvalue weighted by atomic mass is 16.2. The zero-order chi connectivity index (χ0) is 14.4. The van der Waals surface area contributed by atoms with E-state index < -0.39 is 0 Å². The van der Waals surface area contributed by atoms with E-state index in [1.54, 1.807) is 25.2 Å². The van der Waals surface area contributed by atoms with E-state index in [4.69, 9.17) is 0 Å². The van der Waals surface area contributed by atoms with Crippen LogP contribution in [-0.2, 0) is 4.79 Å². The zero-order valence-electron chi connectivity index (χ0n) is 11.7. The molecule has 1 aromatic rings. The van der Waals surface area contributed by atoms with Gasteiger partial charge in [0.1, 0.15) is 0 Å². The zero-order valence-corrected chi connectivity index (χ0v) is 11.7. The van der Waals surface area contributed by atoms with E-state index in [-0.39, 0.29) is 11.9 Å². The fraction of sp³-hybridized carbons (Fsp3) is 0.467. The standard InChI is InChI=1S/C15H21N3O2/c1-16-15(20)18-13-8-4-7-12(10-13)17-14(19)9-11-5-2-3-6-11/h4,7-8,10-11H,2-3,5-6,9H2,1H3,(H,17,19)(H2,16,18,20). The average molecular weight is 275 g/mol. The molecule has 1 aromatic carbocycles. The molecule has 0 radical (unpaired) electrons. The summed E-state index contributed by atoms with van der Waals surface area (Å²) >= 11 is 0. The largest absolute Gasteiger partial charge is 0.341 e. The summed E-state index contributed by atoms with van der Waals surface area (Å²) in [4.78, 5) is 23.2. The van der Waals surface area contributed by atoms with Crippen LogP contribution in [0.3, 0.4) is 0 Å². The third kappa shape index (κ3) is 4.26. The van der Waals surface area contributed by atoms with Crippen molar-refractivity contribution >= 4 is 23.3 Å². The van der Waals surface area contributed by atoms with Gasteiger partial charge in [-0.1, -0.05) is 18.9 Å². The summed E-state index contributed by atoms with van der Waals surface area (Å²) in [6.07, 6.45) is 5.39. The first-order valence-electron chi connectivity index (χ1n) is 7.06. The van der Waals surface area contributed by atoms with E-state index in [0.29, 0.717) is 23.7 Å². The first kappa shape index (κ1) is 14.4. The number of amides is 3. The van der Waals surface area contributed by atoms with Crippen molar-refractivity contribution in [1.82, 2.24) is 5.32 Å². The van der Waals surface area contributed by atoms with Crippen LogP contribution in [0.2, 0.25) is 0 Å². The summed E-state index contributed by atoms with van der Waals surface area (Å²) < 4.78 is 0. The van der Waals surface area contributed by atoms with Crippen LogP contribution in [0.5, 0.6) is 0 Å². The smallest absolute Gasteiger partial charge is 0.318 e. The van der Waals surface area contributed by atoms with Gasteiger partial charge in [-0.2, -0.15) is 0 Å². The molecule has 0 heterocycles. The Bertz CT molecular complexity index is 482. The average Bonchev–Trinajstić information content (AvgIpc) is 2.91. The first-order valence-corrected chi connectivity index (χ1v) is 7.06. The van der Waals surface area contributed by atoms with E-state index in [0.717, 1.165) is 12.8 Å². The molecule has 0 saturated heterocycles. The Balaban J connectivity index is 1.89. The Morgan fingerprint density at radius 1 is 1.15 bits per heavy atom. The van der Waals surface area contributed by atoms with Crippen molar-refractivity contribution in [3.63, 3.8) is 0 Å². The van der Waals surface area contributed by atoms with E-state index in [2.05, 4.69) is 16.0 Å². The molecule has 0 atom stereocenters. The van der Waals surface area contributed by atoms with Gasteiger partial charge in [0.15, 0.2) is 0 Å². The highest BCUT2D eigenvalue weighted by molar-refractivity contribution is 5.93. The molecule has 3 amide bonds. The molecule has 0 spiro atoms. The Labute approximate surface area is 119 Å². The molecular weight excluding hydrogens is 254 g/mol. The Hall–Kier alpha value is -2.04. The van der Waals surface area contributed by atoms with Gasteiger partial charge in [-0.15, -0.1) is 0 Å². The number of carbonyl (C=O) groups excluding carboxylic acids is 2. The predicted octanol–water partition coefficient (Wildman–Crippen LogP) is 2.96. The van der Waals surface area contributed by atoms with E-state index in [9.17, 15) is 9.59 Å². The maximum absolute atomic E-state index is 11.9. The van der Waals surface area contributed by atoms with Crippen molar-refractivity contribution in [2.45, 2.75) is 32.1 Å². The van der Waals surface area contributed by atoms with Crippen LogP contribution in [0.25, 0.3) is 0 Å². The molecule has 20 heavy (non-hydrogen) atoms. The van der Waals surface area contributed by atoms with Gasteiger partial charge in [-0.25, -0.2) is 4.79 Å². The fourth-order valence-corrected chi connectivity index (χ4v) is 2.56. The highest BCUT2D eigenvalue weighted by Crippen LogP contribution is 2.27. The molecule has 2 rings (SSSR count). The van der Waals surface area contributed by atoms with Crippen molar-refractivity contribution in [1.29, 1.82) is 0 Å². The van der Waals surface area contributed by atoms with Crippen molar-refractivity contribution in [2.75, 3.05) is 17.7 Å². The molecule has 0 bridgehead atoms. The maximum atomic E-state index is 11.9. The van der Waals surface area contributed by atoms with E-state index in [1.807, 2.05) is 6.07 Å². The molecule has 3 N–H and O–H groups in total. The van der Waals surface area contributed by atoms with Gasteiger partial charge in [0.25, 0.3) is 0 Å². The molecule has 1 aliphatic carbocycles. The number of nitrogens with one attached hydrogen (secondary N) is 3. The number of urea groups is 1. The highest BCUT2D eigenvalue weighted by Gasteiger charge is 2.18. The second kappa shape index (κ2) is 6.93. The Kier molecular flexibility index (Phi) is 4.98. The van der Waals surface area contributed by atoms with Gasteiger partial charge in [-0.3, -0.25) is 4.79 Å². The summed E-state index contributed by atoms with van der Waals surface area (Å²) in [7, 11) is 1.56. The third-order valence-corrected chi connectivity index (χ3v) is 3.58. The third-order valence-electron chi connectivity index (χ3n) is 3.58. The monoisotopic (exact) mass is 275 g/mol.